The quantitative estimate of drug-likeness (QED) is 0.148. The topological polar surface area (TPSA) is 114 Å². The van der Waals surface area contributed by atoms with E-state index in [1.807, 2.05) is 48.5 Å². The first-order valence-electron chi connectivity index (χ1n) is 18.0. The zero-order valence-corrected chi connectivity index (χ0v) is 30.8. The second-order valence-corrected chi connectivity index (χ2v) is 13.5. The van der Waals surface area contributed by atoms with E-state index in [2.05, 4.69) is 69.4 Å². The van der Waals surface area contributed by atoms with Gasteiger partial charge in [0.25, 0.3) is 0 Å². The van der Waals surface area contributed by atoms with E-state index >= 15 is 0 Å². The van der Waals surface area contributed by atoms with E-state index in [0.29, 0.717) is 26.1 Å². The predicted molar refractivity (Wildman–Crippen MR) is 205 cm³/mol. The number of rotatable bonds is 14. The zero-order valence-electron chi connectivity index (χ0n) is 30.8. The molecule has 52 heavy (non-hydrogen) atoms. The molecule has 4 aromatic rings. The fourth-order valence-electron chi connectivity index (χ4n) is 6.86. The number of methoxy groups -OCH3 is 4. The van der Waals surface area contributed by atoms with Gasteiger partial charge in [0.2, 0.25) is 0 Å². The van der Waals surface area contributed by atoms with Crippen molar-refractivity contribution in [2.45, 2.75) is 49.9 Å². The molecule has 0 radical (unpaired) electrons. The maximum absolute atomic E-state index is 12.5. The lowest BCUT2D eigenvalue weighted by Gasteiger charge is -2.37. The van der Waals surface area contributed by atoms with Gasteiger partial charge in [-0.15, -0.1) is 0 Å². The summed E-state index contributed by atoms with van der Waals surface area (Å²) in [5.41, 5.74) is 4.69. The van der Waals surface area contributed by atoms with Gasteiger partial charge in [0.1, 0.15) is 23.0 Å². The van der Waals surface area contributed by atoms with Crippen LogP contribution in [0.25, 0.3) is 0 Å². The zero-order chi connectivity index (χ0) is 36.7. The fraction of sp³-hybridized carbons (Fsp3) is 0.405. The molecule has 0 unspecified atom stereocenters. The number of ether oxygens (including phenoxy) is 4. The lowest BCUT2D eigenvalue weighted by Crippen LogP contribution is -2.57. The van der Waals surface area contributed by atoms with Crippen molar-refractivity contribution in [2.75, 3.05) is 61.2 Å². The molecule has 0 saturated carbocycles. The van der Waals surface area contributed by atoms with Crippen LogP contribution < -0.4 is 34.9 Å². The number of hydrogen-bond donors (Lipinski definition) is 4. The standard InChI is InChI=1S/C42H54N4O6/c1-49-38-13-5-30(6-14-38)21-34-26-44-36(23-32-9-17-40(51-3)18-10-32)28-46(29-42(47)48)37(24-33-11-19-41(52-4)20-12-33)27-45-35(25-43-34)22-31-7-15-39(50-2)16-8-31/h5-20,34-37,43-45H,21-29H2,1-4H3,(H,47,48)/t34-,35-,36-,37-/m0/s1. The van der Waals surface area contributed by atoms with Gasteiger partial charge in [0, 0.05) is 50.3 Å². The van der Waals surface area contributed by atoms with Crippen molar-refractivity contribution in [3.63, 3.8) is 0 Å². The van der Waals surface area contributed by atoms with E-state index in [0.717, 1.165) is 59.9 Å². The third-order valence-electron chi connectivity index (χ3n) is 9.81. The largest absolute Gasteiger partial charge is 0.497 e. The van der Waals surface area contributed by atoms with Gasteiger partial charge >= 0.3 is 5.97 Å². The summed E-state index contributed by atoms with van der Waals surface area (Å²) in [4.78, 5) is 14.6. The molecule has 0 spiro atoms. The molecule has 10 heteroatoms. The molecule has 4 atom stereocenters. The number of hydrogen-bond acceptors (Lipinski definition) is 9. The summed E-state index contributed by atoms with van der Waals surface area (Å²) < 4.78 is 21.7. The number of carboxylic acids is 1. The Balaban J connectivity index is 1.46. The molecule has 5 rings (SSSR count). The molecular weight excluding hydrogens is 656 g/mol. The molecule has 1 aliphatic heterocycles. The lowest BCUT2D eigenvalue weighted by molar-refractivity contribution is -0.139. The van der Waals surface area contributed by atoms with Gasteiger partial charge in [-0.1, -0.05) is 48.5 Å². The smallest absolute Gasteiger partial charge is 0.317 e. The number of carboxylic acid groups (broad SMARTS) is 1. The maximum atomic E-state index is 12.5. The summed E-state index contributed by atoms with van der Waals surface area (Å²) in [5.74, 6) is 2.42. The van der Waals surface area contributed by atoms with Crippen LogP contribution in [0.4, 0.5) is 0 Å². The number of carbonyl (C=O) groups is 1. The first-order valence-corrected chi connectivity index (χ1v) is 18.0. The summed E-state index contributed by atoms with van der Waals surface area (Å²) in [7, 11) is 6.69. The minimum Gasteiger partial charge on any atom is -0.497 e. The predicted octanol–water partition coefficient (Wildman–Crippen LogP) is 4.64. The maximum Gasteiger partial charge on any atom is 0.317 e. The van der Waals surface area contributed by atoms with Crippen LogP contribution in [0.2, 0.25) is 0 Å². The van der Waals surface area contributed by atoms with Crippen LogP contribution in [-0.4, -0.2) is 101 Å². The monoisotopic (exact) mass is 710 g/mol. The van der Waals surface area contributed by atoms with Crippen molar-refractivity contribution in [3.05, 3.63) is 119 Å². The van der Waals surface area contributed by atoms with E-state index in [1.165, 1.54) is 11.1 Å². The number of aliphatic carboxylic acids is 1. The molecule has 1 saturated heterocycles. The second kappa shape index (κ2) is 19.8. The Kier molecular flexibility index (Phi) is 14.7. The van der Waals surface area contributed by atoms with Gasteiger partial charge < -0.3 is 40.0 Å². The minimum absolute atomic E-state index is 0.0131. The van der Waals surface area contributed by atoms with Crippen molar-refractivity contribution in [2.24, 2.45) is 0 Å². The molecule has 0 amide bonds. The molecular formula is C42H54N4O6. The van der Waals surface area contributed by atoms with Crippen LogP contribution >= 0.6 is 0 Å². The van der Waals surface area contributed by atoms with E-state index in [1.54, 1.807) is 28.4 Å². The third kappa shape index (κ3) is 12.0. The first kappa shape index (κ1) is 38.6. The Hall–Kier alpha value is -4.61. The van der Waals surface area contributed by atoms with Crippen molar-refractivity contribution in [1.29, 1.82) is 0 Å². The Morgan fingerprint density at radius 3 is 1.23 bits per heavy atom. The molecule has 0 aliphatic carbocycles. The molecule has 4 N–H and O–H groups in total. The Morgan fingerprint density at radius 1 is 0.538 bits per heavy atom. The molecule has 1 fully saturated rings. The summed E-state index contributed by atoms with van der Waals surface area (Å²) in [6, 6.07) is 32.8. The Bertz CT molecular complexity index is 1630. The highest BCUT2D eigenvalue weighted by molar-refractivity contribution is 5.69. The SMILES string of the molecule is COc1ccc(C[C@H]2CN[C@@H](Cc3ccc(OC)cc3)CN(CC(=O)O)[C@@H](Cc3ccc(OC)cc3)CN[C@@H](Cc3ccc(OC)cc3)CN2)cc1. The third-order valence-corrected chi connectivity index (χ3v) is 9.81. The fourth-order valence-corrected chi connectivity index (χ4v) is 6.86. The number of nitrogens with zero attached hydrogens (tertiary/aromatic N) is 1. The molecule has 0 aromatic heterocycles. The van der Waals surface area contributed by atoms with E-state index in [4.69, 9.17) is 18.9 Å². The van der Waals surface area contributed by atoms with E-state index in [-0.39, 0.29) is 30.7 Å². The van der Waals surface area contributed by atoms with Crippen molar-refractivity contribution < 1.29 is 28.8 Å². The molecule has 10 nitrogen and oxygen atoms in total. The van der Waals surface area contributed by atoms with E-state index in [9.17, 15) is 9.90 Å². The average molecular weight is 711 g/mol. The van der Waals surface area contributed by atoms with Crippen LogP contribution in [0.3, 0.4) is 0 Å². The molecule has 1 heterocycles. The van der Waals surface area contributed by atoms with Gasteiger partial charge in [-0.2, -0.15) is 0 Å². The van der Waals surface area contributed by atoms with Crippen molar-refractivity contribution >= 4 is 5.97 Å². The summed E-state index contributed by atoms with van der Waals surface area (Å²) in [6.07, 6.45) is 3.04. The highest BCUT2D eigenvalue weighted by Crippen LogP contribution is 2.19. The molecule has 0 bridgehead atoms. The first-order chi connectivity index (χ1) is 25.3. The summed E-state index contributed by atoms with van der Waals surface area (Å²) in [5, 5.41) is 21.9. The van der Waals surface area contributed by atoms with Crippen LogP contribution in [-0.2, 0) is 30.5 Å². The van der Waals surface area contributed by atoms with Crippen LogP contribution in [0.15, 0.2) is 97.1 Å². The van der Waals surface area contributed by atoms with Gasteiger partial charge in [-0.05, 0) is 96.5 Å². The van der Waals surface area contributed by atoms with Gasteiger partial charge in [0.05, 0.1) is 35.0 Å². The average Bonchev–Trinajstić information content (AvgIpc) is 3.17. The van der Waals surface area contributed by atoms with Crippen LogP contribution in [0.1, 0.15) is 22.3 Å². The highest BCUT2D eigenvalue weighted by atomic mass is 16.5. The van der Waals surface area contributed by atoms with Gasteiger partial charge in [0.15, 0.2) is 0 Å². The second-order valence-electron chi connectivity index (χ2n) is 13.5. The summed E-state index contributed by atoms with van der Waals surface area (Å²) >= 11 is 0. The van der Waals surface area contributed by atoms with Crippen molar-refractivity contribution in [3.8, 4) is 23.0 Å². The number of nitrogens with one attached hydrogen (secondary N) is 3. The van der Waals surface area contributed by atoms with Gasteiger partial charge in [-0.3, -0.25) is 9.69 Å². The number of benzene rings is 4. The summed E-state index contributed by atoms with van der Waals surface area (Å²) in [6.45, 7) is 2.53. The van der Waals surface area contributed by atoms with Crippen LogP contribution in [0, 0.1) is 0 Å². The van der Waals surface area contributed by atoms with Crippen molar-refractivity contribution in [1.82, 2.24) is 20.9 Å². The van der Waals surface area contributed by atoms with E-state index < -0.39 is 5.97 Å². The normalized spacial score (nSPS) is 20.2. The lowest BCUT2D eigenvalue weighted by atomic mass is 9.98. The molecule has 1 aliphatic rings. The van der Waals surface area contributed by atoms with Crippen LogP contribution in [0.5, 0.6) is 23.0 Å². The molecule has 4 aromatic carbocycles. The Labute approximate surface area is 308 Å². The Morgan fingerprint density at radius 2 is 0.865 bits per heavy atom. The highest BCUT2D eigenvalue weighted by Gasteiger charge is 2.28. The molecule has 278 valence electrons. The minimum atomic E-state index is -0.844. The van der Waals surface area contributed by atoms with Gasteiger partial charge in [-0.25, -0.2) is 0 Å².